The molecule has 10 heteroatoms. The van der Waals surface area contributed by atoms with Crippen molar-refractivity contribution in [1.29, 1.82) is 0 Å². The summed E-state index contributed by atoms with van der Waals surface area (Å²) in [6.45, 7) is 3.47. The van der Waals surface area contributed by atoms with Crippen LogP contribution in [0.5, 0.6) is 0 Å². The van der Waals surface area contributed by atoms with Crippen molar-refractivity contribution >= 4 is 11.6 Å². The Morgan fingerprint density at radius 3 is 2.67 bits per heavy atom. The van der Waals surface area contributed by atoms with Crippen molar-refractivity contribution < 1.29 is 22.4 Å². The molecule has 1 saturated carbocycles. The molecule has 1 amide bonds. The van der Waals surface area contributed by atoms with Crippen LogP contribution in [0.15, 0.2) is 22.9 Å². The third-order valence-electron chi connectivity index (χ3n) is 4.47. The molecule has 142 valence electrons. The first-order valence-corrected chi connectivity index (χ1v) is 8.40. The van der Waals surface area contributed by atoms with Crippen LogP contribution in [0.4, 0.5) is 13.2 Å². The monoisotopic (exact) mass is 379 g/mol. The second-order valence-electron chi connectivity index (χ2n) is 6.68. The van der Waals surface area contributed by atoms with Crippen molar-refractivity contribution in [2.45, 2.75) is 38.9 Å². The molecule has 1 aliphatic rings. The minimum atomic E-state index is -4.50. The van der Waals surface area contributed by atoms with Crippen molar-refractivity contribution in [3.05, 3.63) is 35.5 Å². The first kappa shape index (κ1) is 17.5. The molecule has 1 aliphatic carbocycles. The third kappa shape index (κ3) is 3.26. The van der Waals surface area contributed by atoms with E-state index in [2.05, 4.69) is 20.4 Å². The number of carbonyl (C=O) groups is 1. The van der Waals surface area contributed by atoms with Gasteiger partial charge in [-0.25, -0.2) is 14.5 Å². The lowest BCUT2D eigenvalue weighted by Gasteiger charge is -2.20. The van der Waals surface area contributed by atoms with E-state index in [0.717, 1.165) is 0 Å². The molecule has 0 bridgehead atoms. The topological polar surface area (TPSA) is 85.3 Å². The highest BCUT2D eigenvalue weighted by molar-refractivity contribution is 6.00. The van der Waals surface area contributed by atoms with E-state index in [-0.39, 0.29) is 17.1 Å². The van der Waals surface area contributed by atoms with Gasteiger partial charge in [-0.1, -0.05) is 0 Å². The SMILES string of the molecule is Cc1cnc(-c2cc(C)n3ncc(C(=O)NC(C4CC4)C(F)(F)F)c3n2)o1. The van der Waals surface area contributed by atoms with E-state index >= 15 is 0 Å². The van der Waals surface area contributed by atoms with Gasteiger partial charge in [0.2, 0.25) is 5.89 Å². The number of nitrogens with one attached hydrogen (secondary N) is 1. The fourth-order valence-corrected chi connectivity index (χ4v) is 2.97. The van der Waals surface area contributed by atoms with Crippen LogP contribution >= 0.6 is 0 Å². The van der Waals surface area contributed by atoms with Gasteiger partial charge >= 0.3 is 6.18 Å². The highest BCUT2D eigenvalue weighted by atomic mass is 19.4. The average molecular weight is 379 g/mol. The summed E-state index contributed by atoms with van der Waals surface area (Å²) in [6.07, 6.45) is -0.849. The average Bonchev–Trinajstić information content (AvgIpc) is 3.17. The predicted molar refractivity (Wildman–Crippen MR) is 88.0 cm³/mol. The van der Waals surface area contributed by atoms with Gasteiger partial charge in [-0.05, 0) is 38.7 Å². The van der Waals surface area contributed by atoms with Crippen molar-refractivity contribution in [3.63, 3.8) is 0 Å². The highest BCUT2D eigenvalue weighted by Crippen LogP contribution is 2.40. The van der Waals surface area contributed by atoms with E-state index in [1.54, 1.807) is 19.9 Å². The molecule has 1 fully saturated rings. The molecule has 7 nitrogen and oxygen atoms in total. The summed E-state index contributed by atoms with van der Waals surface area (Å²) >= 11 is 0. The van der Waals surface area contributed by atoms with Gasteiger partial charge in [0, 0.05) is 5.69 Å². The molecule has 3 heterocycles. The number of aromatic nitrogens is 4. The van der Waals surface area contributed by atoms with E-state index in [9.17, 15) is 18.0 Å². The van der Waals surface area contributed by atoms with E-state index in [4.69, 9.17) is 4.42 Å². The van der Waals surface area contributed by atoms with Crippen LogP contribution in [-0.4, -0.2) is 37.7 Å². The fraction of sp³-hybridized carbons (Fsp3) is 0.412. The molecule has 1 N–H and O–H groups in total. The number of fused-ring (bicyclic) bond motifs is 1. The maximum Gasteiger partial charge on any atom is 0.408 e. The van der Waals surface area contributed by atoms with Gasteiger partial charge in [-0.15, -0.1) is 0 Å². The Bertz CT molecular complexity index is 1020. The zero-order valence-electron chi connectivity index (χ0n) is 14.5. The molecule has 0 aliphatic heterocycles. The van der Waals surface area contributed by atoms with Crippen molar-refractivity contribution in [2.24, 2.45) is 5.92 Å². The Labute approximate surface area is 151 Å². The van der Waals surface area contributed by atoms with Gasteiger partial charge < -0.3 is 9.73 Å². The number of rotatable bonds is 4. The Hall–Kier alpha value is -2.91. The number of hydrogen-bond acceptors (Lipinski definition) is 5. The van der Waals surface area contributed by atoms with E-state index in [1.807, 2.05) is 0 Å². The Balaban J connectivity index is 1.71. The second kappa shape index (κ2) is 6.07. The largest absolute Gasteiger partial charge is 0.440 e. The van der Waals surface area contributed by atoms with Gasteiger partial charge in [0.05, 0.1) is 12.4 Å². The maximum atomic E-state index is 13.2. The van der Waals surface area contributed by atoms with Crippen molar-refractivity contribution in [3.8, 4) is 11.6 Å². The number of oxazole rings is 1. The lowest BCUT2D eigenvalue weighted by atomic mass is 10.1. The zero-order chi connectivity index (χ0) is 19.3. The predicted octanol–water partition coefficient (Wildman–Crippen LogP) is 3.07. The molecule has 0 radical (unpaired) electrons. The van der Waals surface area contributed by atoms with Crippen LogP contribution in [0.25, 0.3) is 17.2 Å². The van der Waals surface area contributed by atoms with Crippen molar-refractivity contribution in [2.75, 3.05) is 0 Å². The first-order chi connectivity index (χ1) is 12.7. The van der Waals surface area contributed by atoms with Crippen LogP contribution in [0.1, 0.15) is 34.7 Å². The lowest BCUT2D eigenvalue weighted by Crippen LogP contribution is -2.46. The van der Waals surface area contributed by atoms with E-state index < -0.39 is 24.0 Å². The van der Waals surface area contributed by atoms with E-state index in [0.29, 0.717) is 30.0 Å². The number of carbonyl (C=O) groups excluding carboxylic acids is 1. The highest BCUT2D eigenvalue weighted by Gasteiger charge is 2.49. The molecule has 1 unspecified atom stereocenters. The minimum Gasteiger partial charge on any atom is -0.440 e. The molecule has 1 atom stereocenters. The molecular formula is C17H16F3N5O2. The van der Waals surface area contributed by atoms with Gasteiger partial charge in [0.15, 0.2) is 5.65 Å². The summed E-state index contributed by atoms with van der Waals surface area (Å²) in [5.41, 5.74) is 1.13. The Kier molecular flexibility index (Phi) is 3.93. The number of amides is 1. The van der Waals surface area contributed by atoms with Crippen LogP contribution in [0.2, 0.25) is 0 Å². The number of nitrogens with zero attached hydrogens (tertiary/aromatic N) is 4. The van der Waals surface area contributed by atoms with Crippen molar-refractivity contribution in [1.82, 2.24) is 24.9 Å². The van der Waals surface area contributed by atoms with Gasteiger partial charge in [0.1, 0.15) is 23.1 Å². The third-order valence-corrected chi connectivity index (χ3v) is 4.47. The molecule has 27 heavy (non-hydrogen) atoms. The van der Waals surface area contributed by atoms with Crippen LogP contribution in [-0.2, 0) is 0 Å². The standard InChI is InChI=1S/C17H16F3N5O2/c1-8-5-12(16-21-6-9(2)27-16)23-14-11(7-22-25(8)14)15(26)24-13(10-3-4-10)17(18,19)20/h5-7,10,13H,3-4H2,1-2H3,(H,24,26). The summed E-state index contributed by atoms with van der Waals surface area (Å²) in [5, 5.41) is 6.17. The number of aryl methyl sites for hydroxylation is 2. The second-order valence-corrected chi connectivity index (χ2v) is 6.68. The first-order valence-electron chi connectivity index (χ1n) is 8.40. The van der Waals surface area contributed by atoms with Gasteiger partial charge in [-0.2, -0.15) is 18.3 Å². The quantitative estimate of drug-likeness (QED) is 0.753. The van der Waals surface area contributed by atoms with Gasteiger partial charge in [-0.3, -0.25) is 4.79 Å². The molecule has 3 aromatic rings. The molecular weight excluding hydrogens is 363 g/mol. The Morgan fingerprint density at radius 1 is 1.33 bits per heavy atom. The van der Waals surface area contributed by atoms with Crippen LogP contribution < -0.4 is 5.32 Å². The normalized spacial score (nSPS) is 15.9. The van der Waals surface area contributed by atoms with E-state index in [1.165, 1.54) is 16.9 Å². The summed E-state index contributed by atoms with van der Waals surface area (Å²) in [4.78, 5) is 21.0. The molecule has 0 saturated heterocycles. The molecule has 3 aromatic heterocycles. The van der Waals surface area contributed by atoms with Gasteiger partial charge in [0.25, 0.3) is 5.91 Å². The summed E-state index contributed by atoms with van der Waals surface area (Å²) in [7, 11) is 0. The number of halogens is 3. The molecule has 0 spiro atoms. The lowest BCUT2D eigenvalue weighted by molar-refractivity contribution is -0.158. The zero-order valence-corrected chi connectivity index (χ0v) is 14.5. The summed E-state index contributed by atoms with van der Waals surface area (Å²) < 4.78 is 46.5. The maximum absolute atomic E-state index is 13.2. The smallest absolute Gasteiger partial charge is 0.408 e. The van der Waals surface area contributed by atoms with Crippen LogP contribution in [0.3, 0.4) is 0 Å². The Morgan fingerprint density at radius 2 is 2.07 bits per heavy atom. The number of hydrogen-bond donors (Lipinski definition) is 1. The summed E-state index contributed by atoms with van der Waals surface area (Å²) in [5.74, 6) is -0.576. The summed E-state index contributed by atoms with van der Waals surface area (Å²) in [6, 6.07) is -0.186. The molecule has 0 aromatic carbocycles. The number of alkyl halides is 3. The molecule has 4 rings (SSSR count). The minimum absolute atomic E-state index is 0.0295. The van der Waals surface area contributed by atoms with Crippen LogP contribution in [0, 0.1) is 19.8 Å². The fourth-order valence-electron chi connectivity index (χ4n) is 2.97.